The lowest BCUT2D eigenvalue weighted by molar-refractivity contribution is 0.656. The van der Waals surface area contributed by atoms with Gasteiger partial charge in [0.25, 0.3) is 0 Å². The van der Waals surface area contributed by atoms with Gasteiger partial charge in [-0.3, -0.25) is 0 Å². The largest absolute Gasteiger partial charge is 0.456 e. The number of hydrogen-bond donors (Lipinski definition) is 0. The smallest absolute Gasteiger partial charge is 0.160 e. The second-order valence-corrected chi connectivity index (χ2v) is 14.2. The number of nitrogens with zero attached hydrogens (tertiary/aromatic N) is 2. The Labute approximate surface area is 323 Å². The van der Waals surface area contributed by atoms with Gasteiger partial charge < -0.3 is 8.83 Å². The minimum absolute atomic E-state index is 0.662. The molecule has 56 heavy (non-hydrogen) atoms. The quantitative estimate of drug-likeness (QED) is 0.172. The Morgan fingerprint density at radius 3 is 1.16 bits per heavy atom. The monoisotopic (exact) mass is 716 g/mol. The zero-order chi connectivity index (χ0) is 37.0. The third-order valence-corrected chi connectivity index (χ3v) is 10.7. The first kappa shape index (κ1) is 31.9. The summed E-state index contributed by atoms with van der Waals surface area (Å²) in [6, 6.07) is 67.5. The van der Waals surface area contributed by atoms with Gasteiger partial charge in [0, 0.05) is 44.3 Å². The summed E-state index contributed by atoms with van der Waals surface area (Å²) in [6.07, 6.45) is 0. The van der Waals surface area contributed by atoms with E-state index < -0.39 is 0 Å². The molecule has 0 spiro atoms. The molecule has 0 aliphatic rings. The summed E-state index contributed by atoms with van der Waals surface area (Å²) in [5.41, 5.74) is 15.0. The van der Waals surface area contributed by atoms with Gasteiger partial charge in [-0.05, 0) is 88.0 Å². The Bertz CT molecular complexity index is 3180. The first-order valence-corrected chi connectivity index (χ1v) is 18.8. The highest BCUT2D eigenvalue weighted by Crippen LogP contribution is 2.40. The topological polar surface area (TPSA) is 52.1 Å². The molecule has 0 aliphatic heterocycles. The van der Waals surface area contributed by atoms with Crippen LogP contribution in [-0.4, -0.2) is 9.97 Å². The molecule has 0 aliphatic carbocycles. The molecule has 0 N–H and O–H groups in total. The second-order valence-electron chi connectivity index (χ2n) is 14.2. The van der Waals surface area contributed by atoms with E-state index in [1.807, 2.05) is 54.6 Å². The SMILES string of the molecule is c1ccc(-c2cccc(-c3cccc(-c4ccc5oc6cc7oc8ccc(-c9nc(-c%10ccccc%10)cc(-c%10ccccc%10)n9)cc8c7cc6c5c4)c3)c2)cc1. The standard InChI is InChI=1S/C52H32N2O2/c1-4-12-33(13-5-1)36-18-10-19-37(26-36)38-20-11-21-39(27-38)40-22-24-48-42(28-40)44-30-45-43-29-41(23-25-49(43)56-51(45)32-50(44)55-48)52-53-46(34-14-6-2-7-15-34)31-47(54-52)35-16-8-3-9-17-35/h1-32H. The number of fused-ring (bicyclic) bond motifs is 6. The van der Waals surface area contributed by atoms with E-state index >= 15 is 0 Å². The second kappa shape index (κ2) is 13.1. The molecule has 4 heteroatoms. The lowest BCUT2D eigenvalue weighted by Crippen LogP contribution is -1.95. The molecule has 0 unspecified atom stereocenters. The van der Waals surface area contributed by atoms with Crippen molar-refractivity contribution in [1.82, 2.24) is 9.97 Å². The van der Waals surface area contributed by atoms with Gasteiger partial charge in [-0.15, -0.1) is 0 Å². The average Bonchev–Trinajstić information content (AvgIpc) is 3.82. The molecule has 0 saturated heterocycles. The third kappa shape index (κ3) is 5.64. The van der Waals surface area contributed by atoms with Crippen molar-refractivity contribution < 1.29 is 8.83 Å². The third-order valence-electron chi connectivity index (χ3n) is 10.7. The number of furan rings is 2. The summed E-state index contributed by atoms with van der Waals surface area (Å²) in [4.78, 5) is 10.2. The van der Waals surface area contributed by atoms with Gasteiger partial charge in [0.15, 0.2) is 5.82 Å². The molecule has 4 nitrogen and oxygen atoms in total. The van der Waals surface area contributed by atoms with Crippen molar-refractivity contribution >= 4 is 43.9 Å². The zero-order valence-electron chi connectivity index (χ0n) is 30.2. The van der Waals surface area contributed by atoms with Crippen LogP contribution in [0.25, 0.3) is 111 Å². The van der Waals surface area contributed by atoms with Crippen LogP contribution in [0, 0.1) is 0 Å². The number of benzene rings is 8. The van der Waals surface area contributed by atoms with Crippen LogP contribution < -0.4 is 0 Å². The molecule has 3 aromatic heterocycles. The highest BCUT2D eigenvalue weighted by molar-refractivity contribution is 6.16. The fraction of sp³-hybridized carbons (Fsp3) is 0. The molecule has 0 radical (unpaired) electrons. The van der Waals surface area contributed by atoms with Crippen LogP contribution in [0.1, 0.15) is 0 Å². The van der Waals surface area contributed by atoms with Crippen molar-refractivity contribution in [2.45, 2.75) is 0 Å². The Balaban J connectivity index is 1.00. The van der Waals surface area contributed by atoms with E-state index in [1.54, 1.807) is 0 Å². The van der Waals surface area contributed by atoms with E-state index in [2.05, 4.69) is 140 Å². The Hall–Kier alpha value is -7.56. The van der Waals surface area contributed by atoms with Crippen molar-refractivity contribution in [3.05, 3.63) is 194 Å². The van der Waals surface area contributed by atoms with Gasteiger partial charge in [-0.1, -0.05) is 133 Å². The maximum Gasteiger partial charge on any atom is 0.160 e. The molecule has 0 amide bonds. The minimum atomic E-state index is 0.662. The maximum atomic E-state index is 6.42. The first-order valence-electron chi connectivity index (χ1n) is 18.8. The van der Waals surface area contributed by atoms with Gasteiger partial charge in [0.2, 0.25) is 0 Å². The lowest BCUT2D eigenvalue weighted by Gasteiger charge is -2.09. The van der Waals surface area contributed by atoms with Crippen molar-refractivity contribution in [2.75, 3.05) is 0 Å². The fourth-order valence-electron chi connectivity index (χ4n) is 7.84. The molecule has 0 saturated carbocycles. The summed E-state index contributed by atoms with van der Waals surface area (Å²) in [6.45, 7) is 0. The van der Waals surface area contributed by atoms with Gasteiger partial charge in [-0.25, -0.2) is 9.97 Å². The van der Waals surface area contributed by atoms with Crippen LogP contribution in [0.4, 0.5) is 0 Å². The number of hydrogen-bond acceptors (Lipinski definition) is 4. The summed E-state index contributed by atoms with van der Waals surface area (Å²) in [5, 5.41) is 4.13. The molecular formula is C52H32N2O2. The Kier molecular flexibility index (Phi) is 7.46. The zero-order valence-corrected chi connectivity index (χ0v) is 30.2. The van der Waals surface area contributed by atoms with Crippen LogP contribution in [-0.2, 0) is 0 Å². The van der Waals surface area contributed by atoms with Crippen molar-refractivity contribution in [3.63, 3.8) is 0 Å². The molecule has 262 valence electrons. The fourth-order valence-corrected chi connectivity index (χ4v) is 7.84. The van der Waals surface area contributed by atoms with E-state index in [9.17, 15) is 0 Å². The van der Waals surface area contributed by atoms with Crippen LogP contribution in [0.5, 0.6) is 0 Å². The van der Waals surface area contributed by atoms with Crippen molar-refractivity contribution in [1.29, 1.82) is 0 Å². The van der Waals surface area contributed by atoms with Crippen LogP contribution >= 0.6 is 0 Å². The van der Waals surface area contributed by atoms with E-state index in [-0.39, 0.29) is 0 Å². The van der Waals surface area contributed by atoms with E-state index in [4.69, 9.17) is 18.8 Å². The maximum absolute atomic E-state index is 6.42. The predicted octanol–water partition coefficient (Wildman–Crippen LogP) is 14.3. The molecule has 0 fully saturated rings. The molecular weight excluding hydrogens is 685 g/mol. The first-order chi connectivity index (χ1) is 27.7. The van der Waals surface area contributed by atoms with E-state index in [1.165, 1.54) is 22.3 Å². The summed E-state index contributed by atoms with van der Waals surface area (Å²) >= 11 is 0. The van der Waals surface area contributed by atoms with Gasteiger partial charge >= 0.3 is 0 Å². The van der Waals surface area contributed by atoms with E-state index in [0.29, 0.717) is 5.82 Å². The molecule has 11 rings (SSSR count). The van der Waals surface area contributed by atoms with Crippen LogP contribution in [0.3, 0.4) is 0 Å². The lowest BCUT2D eigenvalue weighted by atomic mass is 9.95. The van der Waals surface area contributed by atoms with E-state index in [0.717, 1.165) is 83.1 Å². The molecule has 3 heterocycles. The number of rotatable bonds is 6. The number of aromatic nitrogens is 2. The highest BCUT2D eigenvalue weighted by atomic mass is 16.3. The normalized spacial score (nSPS) is 11.6. The highest BCUT2D eigenvalue weighted by Gasteiger charge is 2.17. The predicted molar refractivity (Wildman–Crippen MR) is 229 cm³/mol. The van der Waals surface area contributed by atoms with Gasteiger partial charge in [0.05, 0.1) is 11.4 Å². The summed E-state index contributed by atoms with van der Waals surface area (Å²) in [5.74, 6) is 0.662. The van der Waals surface area contributed by atoms with Crippen LogP contribution in [0.2, 0.25) is 0 Å². The van der Waals surface area contributed by atoms with Gasteiger partial charge in [-0.2, -0.15) is 0 Å². The van der Waals surface area contributed by atoms with Crippen molar-refractivity contribution in [3.8, 4) is 67.3 Å². The molecule has 0 atom stereocenters. The van der Waals surface area contributed by atoms with Crippen molar-refractivity contribution in [2.24, 2.45) is 0 Å². The Morgan fingerprint density at radius 1 is 0.250 bits per heavy atom. The van der Waals surface area contributed by atoms with Crippen LogP contribution in [0.15, 0.2) is 203 Å². The average molecular weight is 717 g/mol. The summed E-state index contributed by atoms with van der Waals surface area (Å²) < 4.78 is 12.8. The minimum Gasteiger partial charge on any atom is -0.456 e. The molecule has 0 bridgehead atoms. The summed E-state index contributed by atoms with van der Waals surface area (Å²) in [7, 11) is 0. The molecule has 8 aromatic carbocycles. The Morgan fingerprint density at radius 2 is 0.643 bits per heavy atom. The van der Waals surface area contributed by atoms with Gasteiger partial charge in [0.1, 0.15) is 22.3 Å². The molecule has 11 aromatic rings.